The second-order valence-electron chi connectivity index (χ2n) is 3.45. The van der Waals surface area contributed by atoms with Gasteiger partial charge in [-0.15, -0.1) is 0 Å². The zero-order valence-electron chi connectivity index (χ0n) is 9.81. The van der Waals surface area contributed by atoms with E-state index in [0.717, 1.165) is 0 Å². The summed E-state index contributed by atoms with van der Waals surface area (Å²) in [5, 5.41) is 10.5. The third-order valence-corrected chi connectivity index (χ3v) is 2.18. The van der Waals surface area contributed by atoms with Gasteiger partial charge in [0.2, 0.25) is 0 Å². The largest absolute Gasteiger partial charge is 0.466 e. The van der Waals surface area contributed by atoms with Gasteiger partial charge in [-0.2, -0.15) is 0 Å². The van der Waals surface area contributed by atoms with E-state index < -0.39 is 46.2 Å². The van der Waals surface area contributed by atoms with Gasteiger partial charge in [-0.1, -0.05) is 0 Å². The van der Waals surface area contributed by atoms with Crippen molar-refractivity contribution in [2.45, 2.75) is 19.8 Å². The molecule has 9 heteroatoms. The lowest BCUT2D eigenvalue weighted by Gasteiger charge is -2.06. The average molecular weight is 276 g/mol. The van der Waals surface area contributed by atoms with Crippen LogP contribution in [0.25, 0.3) is 0 Å². The molecule has 1 aromatic rings. The number of nitrogens with one attached hydrogen (secondary N) is 1. The van der Waals surface area contributed by atoms with Gasteiger partial charge in [0.1, 0.15) is 17.7 Å². The standard InChI is InChI=1S/C10H10F2N2O5/c1-2-19-8(16)3-5-9(10(11)12)6(15)4-7(13-5)14(17)18/h4,10H,2-3H2,1H3,(H,13,15). The fourth-order valence-corrected chi connectivity index (χ4v) is 1.44. The molecule has 104 valence electrons. The number of hydrogen-bond acceptors (Lipinski definition) is 5. The summed E-state index contributed by atoms with van der Waals surface area (Å²) in [4.78, 5) is 34.2. The molecule has 0 spiro atoms. The number of esters is 1. The molecule has 7 nitrogen and oxygen atoms in total. The zero-order chi connectivity index (χ0) is 14.6. The van der Waals surface area contributed by atoms with Crippen LogP contribution in [0.15, 0.2) is 10.9 Å². The highest BCUT2D eigenvalue weighted by molar-refractivity contribution is 5.72. The molecule has 0 aromatic carbocycles. The van der Waals surface area contributed by atoms with Crippen LogP contribution in [0.4, 0.5) is 14.6 Å². The van der Waals surface area contributed by atoms with Crippen LogP contribution in [0, 0.1) is 10.1 Å². The fraction of sp³-hybridized carbons (Fsp3) is 0.400. The number of carbonyl (C=O) groups is 1. The zero-order valence-corrected chi connectivity index (χ0v) is 9.81. The minimum Gasteiger partial charge on any atom is -0.466 e. The van der Waals surface area contributed by atoms with Gasteiger partial charge in [-0.25, -0.2) is 13.8 Å². The lowest BCUT2D eigenvalue weighted by atomic mass is 10.1. The smallest absolute Gasteiger partial charge is 0.324 e. The Hall–Kier alpha value is -2.32. The van der Waals surface area contributed by atoms with Crippen molar-refractivity contribution in [1.29, 1.82) is 0 Å². The van der Waals surface area contributed by atoms with E-state index in [4.69, 9.17) is 0 Å². The second kappa shape index (κ2) is 6.03. The molecule has 1 N–H and O–H groups in total. The number of carbonyl (C=O) groups excluding carboxylic acids is 1. The van der Waals surface area contributed by atoms with Gasteiger partial charge < -0.3 is 14.9 Å². The Balaban J connectivity index is 3.28. The summed E-state index contributed by atoms with van der Waals surface area (Å²) < 4.78 is 30.0. The topological polar surface area (TPSA) is 102 Å². The summed E-state index contributed by atoms with van der Waals surface area (Å²) in [6.45, 7) is 1.55. The van der Waals surface area contributed by atoms with Crippen molar-refractivity contribution < 1.29 is 23.2 Å². The van der Waals surface area contributed by atoms with Crippen molar-refractivity contribution in [3.05, 3.63) is 37.7 Å². The first kappa shape index (κ1) is 14.7. The van der Waals surface area contributed by atoms with E-state index in [0.29, 0.717) is 6.07 Å². The number of halogens is 2. The van der Waals surface area contributed by atoms with Crippen molar-refractivity contribution in [3.63, 3.8) is 0 Å². The van der Waals surface area contributed by atoms with Gasteiger partial charge in [-0.05, 0) is 11.8 Å². The van der Waals surface area contributed by atoms with E-state index in [1.54, 1.807) is 0 Å². The molecule has 0 saturated heterocycles. The van der Waals surface area contributed by atoms with Crippen molar-refractivity contribution in [3.8, 4) is 0 Å². The molecule has 0 atom stereocenters. The number of rotatable bonds is 5. The lowest BCUT2D eigenvalue weighted by Crippen LogP contribution is -2.19. The maximum absolute atomic E-state index is 12.7. The van der Waals surface area contributed by atoms with Crippen LogP contribution in [-0.2, 0) is 16.0 Å². The van der Waals surface area contributed by atoms with E-state index in [9.17, 15) is 28.5 Å². The maximum Gasteiger partial charge on any atom is 0.324 e. The highest BCUT2D eigenvalue weighted by atomic mass is 19.3. The summed E-state index contributed by atoms with van der Waals surface area (Å²) in [5.74, 6) is -1.62. The minimum atomic E-state index is -3.14. The molecule has 0 radical (unpaired) electrons. The lowest BCUT2D eigenvalue weighted by molar-refractivity contribution is -0.389. The molecule has 1 rings (SSSR count). The summed E-state index contributed by atoms with van der Waals surface area (Å²) in [6.07, 6.45) is -3.81. The Morgan fingerprint density at radius 2 is 2.21 bits per heavy atom. The van der Waals surface area contributed by atoms with Gasteiger partial charge in [0, 0.05) is 0 Å². The highest BCUT2D eigenvalue weighted by Gasteiger charge is 2.25. The summed E-state index contributed by atoms with van der Waals surface area (Å²) in [5.41, 5.74) is -2.66. The fourth-order valence-electron chi connectivity index (χ4n) is 1.44. The molecule has 0 fully saturated rings. The number of nitrogens with zero attached hydrogens (tertiary/aromatic N) is 1. The number of aromatic amines is 1. The van der Waals surface area contributed by atoms with Crippen molar-refractivity contribution in [2.24, 2.45) is 0 Å². The first-order chi connectivity index (χ1) is 8.86. The number of pyridine rings is 1. The van der Waals surface area contributed by atoms with Crippen molar-refractivity contribution in [1.82, 2.24) is 4.98 Å². The normalized spacial score (nSPS) is 10.5. The number of alkyl halides is 2. The van der Waals surface area contributed by atoms with Crippen LogP contribution in [-0.4, -0.2) is 22.5 Å². The Morgan fingerprint density at radius 1 is 1.58 bits per heavy atom. The SMILES string of the molecule is CCOC(=O)Cc1[nH]c([N+](=O)[O-])cc(=O)c1C(F)F. The van der Waals surface area contributed by atoms with Crippen LogP contribution >= 0.6 is 0 Å². The first-order valence-corrected chi connectivity index (χ1v) is 5.21. The Kier molecular flexibility index (Phi) is 4.67. The molecule has 1 heterocycles. The third kappa shape index (κ3) is 3.57. The molecule has 19 heavy (non-hydrogen) atoms. The molecular formula is C10H10F2N2O5. The van der Waals surface area contributed by atoms with E-state index in [1.165, 1.54) is 6.92 Å². The molecule has 0 aliphatic carbocycles. The van der Waals surface area contributed by atoms with Crippen LogP contribution < -0.4 is 5.43 Å². The van der Waals surface area contributed by atoms with Crippen molar-refractivity contribution in [2.75, 3.05) is 6.61 Å². The Morgan fingerprint density at radius 3 is 2.68 bits per heavy atom. The minimum absolute atomic E-state index is 0.0298. The summed E-state index contributed by atoms with van der Waals surface area (Å²) in [7, 11) is 0. The average Bonchev–Trinajstić information content (AvgIpc) is 2.27. The van der Waals surface area contributed by atoms with E-state index >= 15 is 0 Å². The Bertz CT molecular complexity index is 555. The van der Waals surface area contributed by atoms with Gasteiger partial charge in [0.25, 0.3) is 6.43 Å². The Labute approximate surface area is 105 Å². The van der Waals surface area contributed by atoms with Gasteiger partial charge in [0.05, 0.1) is 12.7 Å². The monoisotopic (exact) mass is 276 g/mol. The number of hydrogen-bond donors (Lipinski definition) is 1. The highest BCUT2D eigenvalue weighted by Crippen LogP contribution is 2.20. The maximum atomic E-state index is 12.7. The third-order valence-electron chi connectivity index (χ3n) is 2.18. The van der Waals surface area contributed by atoms with Crippen LogP contribution in [0.5, 0.6) is 0 Å². The number of nitro groups is 1. The predicted octanol–water partition coefficient (Wildman–Crippen LogP) is 1.33. The van der Waals surface area contributed by atoms with Crippen LogP contribution in [0.1, 0.15) is 24.6 Å². The van der Waals surface area contributed by atoms with Gasteiger partial charge in [-0.3, -0.25) is 9.59 Å². The number of ether oxygens (including phenoxy) is 1. The predicted molar refractivity (Wildman–Crippen MR) is 59.0 cm³/mol. The molecule has 0 amide bonds. The molecule has 0 bridgehead atoms. The van der Waals surface area contributed by atoms with Gasteiger partial charge in [0.15, 0.2) is 5.43 Å². The summed E-state index contributed by atoms with van der Waals surface area (Å²) >= 11 is 0. The number of H-pyrrole nitrogens is 1. The second-order valence-corrected chi connectivity index (χ2v) is 3.45. The molecule has 0 unspecified atom stereocenters. The molecule has 0 saturated carbocycles. The van der Waals surface area contributed by atoms with Crippen LogP contribution in [0.2, 0.25) is 0 Å². The van der Waals surface area contributed by atoms with Crippen molar-refractivity contribution >= 4 is 11.8 Å². The first-order valence-electron chi connectivity index (χ1n) is 5.21. The van der Waals surface area contributed by atoms with Gasteiger partial charge >= 0.3 is 11.8 Å². The molecule has 0 aliphatic rings. The van der Waals surface area contributed by atoms with E-state index in [-0.39, 0.29) is 6.61 Å². The number of aromatic nitrogens is 1. The van der Waals surface area contributed by atoms with E-state index in [2.05, 4.69) is 4.74 Å². The molecular weight excluding hydrogens is 266 g/mol. The molecule has 1 aromatic heterocycles. The van der Waals surface area contributed by atoms with Crippen LogP contribution in [0.3, 0.4) is 0 Å². The summed E-state index contributed by atoms with van der Waals surface area (Å²) in [6, 6.07) is 0.455. The molecule has 0 aliphatic heterocycles. The quantitative estimate of drug-likeness (QED) is 0.496. The van der Waals surface area contributed by atoms with E-state index in [1.807, 2.05) is 4.98 Å².